The molecule has 0 aliphatic heterocycles. The van der Waals surface area contributed by atoms with E-state index in [0.717, 1.165) is 16.5 Å². The lowest BCUT2D eigenvalue weighted by Crippen LogP contribution is -2.17. The molecule has 0 aliphatic rings. The molecule has 3 N–H and O–H groups in total. The van der Waals surface area contributed by atoms with Gasteiger partial charge in [0.15, 0.2) is 11.5 Å². The number of fused-ring (bicyclic) bond motifs is 1. The molecular weight excluding hydrogens is 328 g/mol. The number of nitrogens with zero attached hydrogens (tertiary/aromatic N) is 3. The van der Waals surface area contributed by atoms with Crippen LogP contribution < -0.4 is 10.6 Å². The van der Waals surface area contributed by atoms with Gasteiger partial charge in [-0.3, -0.25) is 9.89 Å². The fourth-order valence-corrected chi connectivity index (χ4v) is 2.65. The zero-order valence-corrected chi connectivity index (χ0v) is 14.0. The number of aromatic nitrogens is 4. The highest BCUT2D eigenvalue weighted by Crippen LogP contribution is 2.26. The normalized spacial score (nSPS) is 10.7. The molecule has 0 unspecified atom stereocenters. The monoisotopic (exact) mass is 344 g/mol. The average molecular weight is 344 g/mol. The quantitative estimate of drug-likeness (QED) is 0.529. The number of hydrogen-bond acceptors (Lipinski definition) is 5. The summed E-state index contributed by atoms with van der Waals surface area (Å²) in [5.41, 5.74) is 2.06. The maximum Gasteiger partial charge on any atom is 0.271 e. The van der Waals surface area contributed by atoms with Crippen molar-refractivity contribution in [3.05, 3.63) is 66.4 Å². The van der Waals surface area contributed by atoms with Gasteiger partial charge in [0.05, 0.1) is 5.52 Å². The highest BCUT2D eigenvalue weighted by atomic mass is 16.1. The van der Waals surface area contributed by atoms with Gasteiger partial charge in [0.2, 0.25) is 0 Å². The number of carbonyl (C=O) groups is 1. The minimum atomic E-state index is -0.258. The molecular formula is C19H16N6O. The zero-order valence-electron chi connectivity index (χ0n) is 14.0. The molecule has 0 fully saturated rings. The molecule has 0 bridgehead atoms. The fourth-order valence-electron chi connectivity index (χ4n) is 2.65. The largest absolute Gasteiger partial charge is 0.354 e. The lowest BCUT2D eigenvalue weighted by molar-refractivity contribution is 0.0958. The van der Waals surface area contributed by atoms with Crippen molar-refractivity contribution < 1.29 is 4.79 Å². The summed E-state index contributed by atoms with van der Waals surface area (Å²) < 4.78 is 0. The molecule has 1 amide bonds. The fraction of sp³-hybridized carbons (Fsp3) is 0.0526. The molecule has 7 nitrogen and oxygen atoms in total. The first-order valence-corrected chi connectivity index (χ1v) is 8.11. The third kappa shape index (κ3) is 2.98. The molecule has 0 aliphatic carbocycles. The first-order chi connectivity index (χ1) is 12.7. The number of para-hydroxylation sites is 1. The van der Waals surface area contributed by atoms with E-state index in [2.05, 4.69) is 30.8 Å². The number of nitrogens with one attached hydrogen (secondary N) is 3. The van der Waals surface area contributed by atoms with Gasteiger partial charge in [0.1, 0.15) is 11.6 Å². The van der Waals surface area contributed by atoms with E-state index in [4.69, 9.17) is 0 Å². The van der Waals surface area contributed by atoms with Crippen LogP contribution in [0.1, 0.15) is 10.5 Å². The zero-order chi connectivity index (χ0) is 17.9. The summed E-state index contributed by atoms with van der Waals surface area (Å²) in [6.07, 6.45) is 0. The van der Waals surface area contributed by atoms with E-state index in [1.165, 1.54) is 0 Å². The summed E-state index contributed by atoms with van der Waals surface area (Å²) in [7, 11) is 1.56. The lowest BCUT2D eigenvalue weighted by atomic mass is 10.2. The number of H-pyrrole nitrogens is 1. The predicted octanol–water partition coefficient (Wildman–Crippen LogP) is 3.12. The number of anilines is 2. The third-order valence-electron chi connectivity index (χ3n) is 3.93. The van der Waals surface area contributed by atoms with Gasteiger partial charge in [-0.15, -0.1) is 0 Å². The maximum absolute atomic E-state index is 11.7. The van der Waals surface area contributed by atoms with Gasteiger partial charge in [0.25, 0.3) is 5.91 Å². The van der Waals surface area contributed by atoms with E-state index in [9.17, 15) is 4.79 Å². The molecule has 2 aromatic carbocycles. The Balaban J connectivity index is 1.78. The van der Waals surface area contributed by atoms with Gasteiger partial charge >= 0.3 is 0 Å². The van der Waals surface area contributed by atoms with Crippen LogP contribution in [0.15, 0.2) is 60.7 Å². The maximum atomic E-state index is 11.7. The number of aromatic amines is 1. The van der Waals surface area contributed by atoms with E-state index >= 15 is 0 Å². The van der Waals surface area contributed by atoms with Crippen molar-refractivity contribution in [3.63, 3.8) is 0 Å². The van der Waals surface area contributed by atoms with Crippen molar-refractivity contribution in [1.29, 1.82) is 0 Å². The van der Waals surface area contributed by atoms with Crippen molar-refractivity contribution in [2.75, 3.05) is 12.4 Å². The molecule has 0 spiro atoms. The first kappa shape index (κ1) is 15.8. The third-order valence-corrected chi connectivity index (χ3v) is 3.93. The van der Waals surface area contributed by atoms with Crippen molar-refractivity contribution >= 4 is 28.4 Å². The van der Waals surface area contributed by atoms with Gasteiger partial charge < -0.3 is 10.6 Å². The van der Waals surface area contributed by atoms with Crippen LogP contribution >= 0.6 is 0 Å². The Kier molecular flexibility index (Phi) is 4.03. The highest BCUT2D eigenvalue weighted by Gasteiger charge is 2.12. The van der Waals surface area contributed by atoms with Crippen LogP contribution in [0.4, 0.5) is 11.6 Å². The minimum Gasteiger partial charge on any atom is -0.354 e. The summed E-state index contributed by atoms with van der Waals surface area (Å²) in [6, 6.07) is 19.2. The second-order valence-electron chi connectivity index (χ2n) is 5.65. The molecule has 26 heavy (non-hydrogen) atoms. The molecule has 4 rings (SSSR count). The van der Waals surface area contributed by atoms with Crippen molar-refractivity contribution in [2.24, 2.45) is 0 Å². The van der Waals surface area contributed by atoms with Crippen LogP contribution in [0.5, 0.6) is 0 Å². The lowest BCUT2D eigenvalue weighted by Gasteiger charge is -2.09. The van der Waals surface area contributed by atoms with Crippen LogP contribution in [0, 0.1) is 0 Å². The summed E-state index contributed by atoms with van der Waals surface area (Å²) in [6.45, 7) is 0. The van der Waals surface area contributed by atoms with E-state index in [-0.39, 0.29) is 5.91 Å². The predicted molar refractivity (Wildman–Crippen MR) is 100 cm³/mol. The Bertz CT molecular complexity index is 1070. The van der Waals surface area contributed by atoms with E-state index in [0.29, 0.717) is 23.2 Å². The van der Waals surface area contributed by atoms with Gasteiger partial charge in [-0.25, -0.2) is 9.97 Å². The Morgan fingerprint density at radius 2 is 1.77 bits per heavy atom. The van der Waals surface area contributed by atoms with Crippen molar-refractivity contribution in [3.8, 4) is 11.4 Å². The molecule has 7 heteroatoms. The molecule has 2 aromatic heterocycles. The van der Waals surface area contributed by atoms with Crippen molar-refractivity contribution in [2.45, 2.75) is 0 Å². The molecule has 2 heterocycles. The van der Waals surface area contributed by atoms with Gasteiger partial charge in [-0.05, 0) is 12.1 Å². The summed E-state index contributed by atoms with van der Waals surface area (Å²) in [4.78, 5) is 21.0. The standard InChI is InChI=1S/C19H16N6O/c1-20-19(26)15-11-16(25-24-15)22-18-13-9-5-6-10-14(13)21-17(23-18)12-7-3-2-4-8-12/h2-11H,1H3,(H,20,26)(H2,21,22,23,24,25). The van der Waals surface area contributed by atoms with E-state index in [1.807, 2.05) is 54.6 Å². The Hall–Kier alpha value is -3.74. The molecule has 0 atom stereocenters. The molecule has 4 aromatic rings. The summed E-state index contributed by atoms with van der Waals surface area (Å²) in [5, 5.41) is 13.4. The number of benzene rings is 2. The van der Waals surface area contributed by atoms with Crippen LogP contribution in [0.2, 0.25) is 0 Å². The van der Waals surface area contributed by atoms with E-state index < -0.39 is 0 Å². The highest BCUT2D eigenvalue weighted by molar-refractivity contribution is 5.94. The van der Waals surface area contributed by atoms with Crippen LogP contribution in [-0.4, -0.2) is 33.1 Å². The second kappa shape index (κ2) is 6.64. The first-order valence-electron chi connectivity index (χ1n) is 8.11. The number of rotatable bonds is 4. The van der Waals surface area contributed by atoms with Gasteiger partial charge in [-0.1, -0.05) is 42.5 Å². The summed E-state index contributed by atoms with van der Waals surface area (Å²) in [5.74, 6) is 1.58. The smallest absolute Gasteiger partial charge is 0.271 e. The Morgan fingerprint density at radius 1 is 1.00 bits per heavy atom. The van der Waals surface area contributed by atoms with Gasteiger partial charge in [-0.2, -0.15) is 5.10 Å². The second-order valence-corrected chi connectivity index (χ2v) is 5.65. The van der Waals surface area contributed by atoms with Gasteiger partial charge in [0, 0.05) is 24.1 Å². The Labute approximate surface area is 149 Å². The molecule has 0 saturated heterocycles. The minimum absolute atomic E-state index is 0.258. The van der Waals surface area contributed by atoms with Crippen LogP contribution in [0.25, 0.3) is 22.3 Å². The number of carbonyl (C=O) groups excluding carboxylic acids is 1. The number of hydrogen-bond donors (Lipinski definition) is 3. The number of amides is 1. The summed E-state index contributed by atoms with van der Waals surface area (Å²) >= 11 is 0. The average Bonchev–Trinajstić information content (AvgIpc) is 3.16. The topological polar surface area (TPSA) is 95.6 Å². The SMILES string of the molecule is CNC(=O)c1cc(Nc2nc(-c3ccccc3)nc3ccccc23)[nH]n1. The molecule has 0 radical (unpaired) electrons. The molecule has 128 valence electrons. The van der Waals surface area contributed by atoms with Crippen LogP contribution in [-0.2, 0) is 0 Å². The van der Waals surface area contributed by atoms with E-state index in [1.54, 1.807) is 13.1 Å². The van der Waals surface area contributed by atoms with Crippen LogP contribution in [0.3, 0.4) is 0 Å². The van der Waals surface area contributed by atoms with Crippen molar-refractivity contribution in [1.82, 2.24) is 25.5 Å². The molecule has 0 saturated carbocycles. The Morgan fingerprint density at radius 3 is 2.58 bits per heavy atom.